The molecule has 0 fully saturated rings. The van der Waals surface area contributed by atoms with Crippen molar-refractivity contribution < 1.29 is 9.53 Å². The topological polar surface area (TPSA) is 55.6 Å². The van der Waals surface area contributed by atoms with E-state index in [9.17, 15) is 4.79 Å². The van der Waals surface area contributed by atoms with E-state index in [4.69, 9.17) is 22.7 Å². The largest absolute Gasteiger partial charge is 0.393 e. The second kappa shape index (κ2) is 10.3. The number of ether oxygens (including phenoxy) is 1. The van der Waals surface area contributed by atoms with Gasteiger partial charge in [0, 0.05) is 39.1 Å². The van der Waals surface area contributed by atoms with Crippen molar-refractivity contribution in [3.8, 4) is 0 Å². The number of rotatable bonds is 10. The lowest BCUT2D eigenvalue weighted by molar-refractivity contribution is -0.135. The van der Waals surface area contributed by atoms with Crippen LogP contribution in [0.15, 0.2) is 0 Å². The van der Waals surface area contributed by atoms with E-state index in [-0.39, 0.29) is 11.8 Å². The number of nitrogens with zero attached hydrogens (tertiary/aromatic N) is 1. The fraction of sp³-hybridized carbons (Fsp3) is 0.846. The average Bonchev–Trinajstić information content (AvgIpc) is 2.34. The van der Waals surface area contributed by atoms with E-state index in [1.54, 1.807) is 7.11 Å². The maximum absolute atomic E-state index is 12.3. The van der Waals surface area contributed by atoms with E-state index >= 15 is 0 Å². The van der Waals surface area contributed by atoms with Gasteiger partial charge in [0.05, 0.1) is 4.99 Å². The van der Waals surface area contributed by atoms with Gasteiger partial charge in [-0.3, -0.25) is 4.79 Å². The van der Waals surface area contributed by atoms with Crippen molar-refractivity contribution in [2.75, 3.05) is 26.8 Å². The molecule has 0 heterocycles. The van der Waals surface area contributed by atoms with Gasteiger partial charge in [-0.15, -0.1) is 0 Å². The number of methoxy groups -OCH3 is 1. The molecule has 0 unspecified atom stereocenters. The summed E-state index contributed by atoms with van der Waals surface area (Å²) < 4.78 is 5.02. The van der Waals surface area contributed by atoms with Gasteiger partial charge in [0.1, 0.15) is 0 Å². The van der Waals surface area contributed by atoms with Crippen LogP contribution in [0.4, 0.5) is 0 Å². The van der Waals surface area contributed by atoms with Gasteiger partial charge in [-0.05, 0) is 19.3 Å². The Morgan fingerprint density at radius 2 is 1.94 bits per heavy atom. The number of hydrogen-bond acceptors (Lipinski definition) is 3. The highest BCUT2D eigenvalue weighted by molar-refractivity contribution is 7.80. The molecule has 5 heteroatoms. The Kier molecular flexibility index (Phi) is 9.87. The van der Waals surface area contributed by atoms with Crippen molar-refractivity contribution in [2.45, 2.75) is 39.5 Å². The summed E-state index contributed by atoms with van der Waals surface area (Å²) >= 11 is 4.87. The van der Waals surface area contributed by atoms with E-state index in [0.29, 0.717) is 31.1 Å². The van der Waals surface area contributed by atoms with Crippen molar-refractivity contribution in [1.29, 1.82) is 0 Å². The summed E-state index contributed by atoms with van der Waals surface area (Å²) in [4.78, 5) is 14.6. The monoisotopic (exact) mass is 274 g/mol. The second-order valence-corrected chi connectivity index (χ2v) is 4.93. The zero-order valence-electron chi connectivity index (χ0n) is 11.8. The Morgan fingerprint density at radius 3 is 2.39 bits per heavy atom. The molecule has 0 atom stereocenters. The molecule has 0 rings (SSSR count). The van der Waals surface area contributed by atoms with Gasteiger partial charge in [-0.2, -0.15) is 0 Å². The molecule has 0 aromatic carbocycles. The first-order valence-corrected chi connectivity index (χ1v) is 7.03. The Morgan fingerprint density at radius 1 is 1.33 bits per heavy atom. The third kappa shape index (κ3) is 6.91. The Balaban J connectivity index is 4.41. The zero-order valence-corrected chi connectivity index (χ0v) is 12.6. The molecule has 2 N–H and O–H groups in total. The molecule has 0 spiro atoms. The van der Waals surface area contributed by atoms with Crippen LogP contribution in [-0.2, 0) is 9.53 Å². The van der Waals surface area contributed by atoms with E-state index in [1.165, 1.54) is 0 Å². The normalized spacial score (nSPS) is 10.7. The van der Waals surface area contributed by atoms with Crippen molar-refractivity contribution in [2.24, 2.45) is 11.7 Å². The smallest absolute Gasteiger partial charge is 0.225 e. The van der Waals surface area contributed by atoms with Gasteiger partial charge in [-0.25, -0.2) is 0 Å². The molecule has 0 aliphatic carbocycles. The summed E-state index contributed by atoms with van der Waals surface area (Å²) in [5, 5.41) is 0. The summed E-state index contributed by atoms with van der Waals surface area (Å²) in [5.41, 5.74) is 5.51. The first kappa shape index (κ1) is 17.3. The standard InChI is InChI=1S/C13H26N2O2S/c1-4-11(5-2)13(16)15(8-6-10-17-3)9-7-12(14)18/h11H,4-10H2,1-3H3,(H2,14,18). The molecule has 0 aliphatic rings. The van der Waals surface area contributed by atoms with Crippen LogP contribution in [0.3, 0.4) is 0 Å². The minimum atomic E-state index is 0.110. The second-order valence-electron chi connectivity index (χ2n) is 4.40. The lowest BCUT2D eigenvalue weighted by atomic mass is 10.0. The molecular weight excluding hydrogens is 248 g/mol. The zero-order chi connectivity index (χ0) is 14.0. The number of carbonyl (C=O) groups is 1. The predicted octanol–water partition coefficient (Wildman–Crippen LogP) is 1.96. The van der Waals surface area contributed by atoms with Gasteiger partial charge in [0.15, 0.2) is 0 Å². The SMILES string of the molecule is CCC(CC)C(=O)N(CCCOC)CCC(N)=S. The molecule has 0 saturated heterocycles. The molecule has 4 nitrogen and oxygen atoms in total. The summed E-state index contributed by atoms with van der Waals surface area (Å²) in [7, 11) is 1.67. The predicted molar refractivity (Wildman–Crippen MR) is 78.5 cm³/mol. The Labute approximate surface area is 116 Å². The van der Waals surface area contributed by atoms with Crippen molar-refractivity contribution in [3.05, 3.63) is 0 Å². The molecule has 0 aromatic heterocycles. The molecule has 0 saturated carbocycles. The first-order valence-electron chi connectivity index (χ1n) is 6.62. The number of carbonyl (C=O) groups excluding carboxylic acids is 1. The van der Waals surface area contributed by atoms with Crippen LogP contribution in [0.5, 0.6) is 0 Å². The lowest BCUT2D eigenvalue weighted by Crippen LogP contribution is -2.38. The summed E-state index contributed by atoms with van der Waals surface area (Å²) in [5.74, 6) is 0.325. The van der Waals surface area contributed by atoms with Crippen LogP contribution >= 0.6 is 12.2 Å². The lowest BCUT2D eigenvalue weighted by Gasteiger charge is -2.26. The number of amides is 1. The van der Waals surface area contributed by atoms with Gasteiger partial charge < -0.3 is 15.4 Å². The van der Waals surface area contributed by atoms with Crippen LogP contribution in [0.2, 0.25) is 0 Å². The van der Waals surface area contributed by atoms with Crippen LogP contribution in [0, 0.1) is 5.92 Å². The fourth-order valence-electron chi connectivity index (χ4n) is 1.87. The van der Waals surface area contributed by atoms with Gasteiger partial charge in [-0.1, -0.05) is 26.1 Å². The van der Waals surface area contributed by atoms with E-state index in [2.05, 4.69) is 0 Å². The van der Waals surface area contributed by atoms with Crippen molar-refractivity contribution in [1.82, 2.24) is 4.90 Å². The third-order valence-corrected chi connectivity index (χ3v) is 3.26. The maximum atomic E-state index is 12.3. The third-order valence-electron chi connectivity index (χ3n) is 3.05. The summed E-state index contributed by atoms with van der Waals surface area (Å²) in [6.45, 7) is 6.10. The molecule has 18 heavy (non-hydrogen) atoms. The Hall–Kier alpha value is -0.680. The number of thiocarbonyl (C=S) groups is 1. The number of nitrogens with two attached hydrogens (primary N) is 1. The van der Waals surface area contributed by atoms with Gasteiger partial charge in [0.25, 0.3) is 0 Å². The minimum absolute atomic E-state index is 0.110. The minimum Gasteiger partial charge on any atom is -0.393 e. The van der Waals surface area contributed by atoms with Gasteiger partial charge >= 0.3 is 0 Å². The molecule has 106 valence electrons. The van der Waals surface area contributed by atoms with Crippen LogP contribution in [0.25, 0.3) is 0 Å². The molecule has 0 aliphatic heterocycles. The summed E-state index contributed by atoms with van der Waals surface area (Å²) in [6, 6.07) is 0. The van der Waals surface area contributed by atoms with Gasteiger partial charge in [0.2, 0.25) is 5.91 Å². The van der Waals surface area contributed by atoms with Crippen LogP contribution in [0.1, 0.15) is 39.5 Å². The summed E-state index contributed by atoms with van der Waals surface area (Å²) in [6.07, 6.45) is 3.19. The van der Waals surface area contributed by atoms with Crippen molar-refractivity contribution >= 4 is 23.1 Å². The molecule has 0 bridgehead atoms. The van der Waals surface area contributed by atoms with E-state index < -0.39 is 0 Å². The van der Waals surface area contributed by atoms with Crippen LogP contribution in [-0.4, -0.2) is 42.6 Å². The van der Waals surface area contributed by atoms with Crippen LogP contribution < -0.4 is 5.73 Å². The van der Waals surface area contributed by atoms with E-state index in [0.717, 1.165) is 19.3 Å². The highest BCUT2D eigenvalue weighted by atomic mass is 32.1. The van der Waals surface area contributed by atoms with E-state index in [1.807, 2.05) is 18.7 Å². The molecule has 0 aromatic rings. The maximum Gasteiger partial charge on any atom is 0.225 e. The molecule has 0 radical (unpaired) electrons. The number of hydrogen-bond donors (Lipinski definition) is 1. The highest BCUT2D eigenvalue weighted by Crippen LogP contribution is 2.12. The highest BCUT2D eigenvalue weighted by Gasteiger charge is 2.20. The fourth-order valence-corrected chi connectivity index (χ4v) is 1.96. The average molecular weight is 274 g/mol. The molecule has 1 amide bonds. The first-order chi connectivity index (χ1) is 8.56. The van der Waals surface area contributed by atoms with Crippen molar-refractivity contribution in [3.63, 3.8) is 0 Å². The molecular formula is C13H26N2O2S. The Bertz CT molecular complexity index is 255. The quantitative estimate of drug-likeness (QED) is 0.489.